The lowest BCUT2D eigenvalue weighted by atomic mass is 10.1. The first-order valence-corrected chi connectivity index (χ1v) is 7.80. The zero-order valence-corrected chi connectivity index (χ0v) is 13.7. The van der Waals surface area contributed by atoms with Gasteiger partial charge in [0.25, 0.3) is 0 Å². The monoisotopic (exact) mass is 353 g/mol. The van der Waals surface area contributed by atoms with Crippen LogP contribution in [-0.4, -0.2) is 35.2 Å². The highest BCUT2D eigenvalue weighted by molar-refractivity contribution is 5.51. The number of aromatic nitrogens is 3. The Morgan fingerprint density at radius 1 is 1.24 bits per heavy atom. The smallest absolute Gasteiger partial charge is 0.383 e. The molecule has 9 heteroatoms. The Morgan fingerprint density at radius 2 is 2.00 bits per heavy atom. The second-order valence-corrected chi connectivity index (χ2v) is 5.74. The molecule has 0 bridgehead atoms. The molecule has 1 aliphatic rings. The van der Waals surface area contributed by atoms with Crippen molar-refractivity contribution in [1.82, 2.24) is 15.0 Å². The number of hydrogen-bond donors (Lipinski definition) is 1. The van der Waals surface area contributed by atoms with Gasteiger partial charge in [-0.2, -0.15) is 13.2 Å². The summed E-state index contributed by atoms with van der Waals surface area (Å²) in [6, 6.07) is 2.34. The highest BCUT2D eigenvalue weighted by Gasteiger charge is 2.36. The Kier molecular flexibility index (Phi) is 4.76. The third kappa shape index (κ3) is 3.65. The molecule has 3 heterocycles. The lowest BCUT2D eigenvalue weighted by Gasteiger charge is -2.24. The van der Waals surface area contributed by atoms with Crippen LogP contribution >= 0.6 is 0 Å². The average molecular weight is 353 g/mol. The van der Waals surface area contributed by atoms with Crippen LogP contribution < -0.4 is 10.6 Å². The molecule has 0 spiro atoms. The summed E-state index contributed by atoms with van der Waals surface area (Å²) in [6.45, 7) is 0.972. The lowest BCUT2D eigenvalue weighted by molar-refractivity contribution is -0.137. The van der Waals surface area contributed by atoms with Gasteiger partial charge in [-0.1, -0.05) is 0 Å². The van der Waals surface area contributed by atoms with Gasteiger partial charge in [-0.25, -0.2) is 15.0 Å². The highest BCUT2D eigenvalue weighted by atomic mass is 19.4. The minimum Gasteiger partial charge on any atom is -0.383 e. The number of methoxy groups -OCH3 is 1. The summed E-state index contributed by atoms with van der Waals surface area (Å²) in [5, 5.41) is 0. The summed E-state index contributed by atoms with van der Waals surface area (Å²) in [7, 11) is 1.53. The SMILES string of the molecule is COCc1nc(N)c2c(n1)CCN(c1ncccc1C(F)(F)F)CC2. The number of nitrogens with zero attached hydrogens (tertiary/aromatic N) is 4. The largest absolute Gasteiger partial charge is 0.419 e. The number of rotatable bonds is 3. The molecule has 0 amide bonds. The molecule has 3 rings (SSSR count). The summed E-state index contributed by atoms with van der Waals surface area (Å²) in [5.41, 5.74) is 6.81. The first-order chi connectivity index (χ1) is 11.9. The van der Waals surface area contributed by atoms with Crippen LogP contribution in [0.15, 0.2) is 18.3 Å². The third-order valence-corrected chi connectivity index (χ3v) is 4.09. The second kappa shape index (κ2) is 6.83. The molecule has 134 valence electrons. The van der Waals surface area contributed by atoms with Crippen LogP contribution in [0, 0.1) is 0 Å². The summed E-state index contributed by atoms with van der Waals surface area (Å²) < 4.78 is 44.8. The maximum Gasteiger partial charge on any atom is 0.419 e. The van der Waals surface area contributed by atoms with E-state index in [4.69, 9.17) is 10.5 Å². The number of nitrogen functional groups attached to an aromatic ring is 1. The molecule has 0 unspecified atom stereocenters. The van der Waals surface area contributed by atoms with E-state index in [2.05, 4.69) is 15.0 Å². The van der Waals surface area contributed by atoms with E-state index in [1.54, 1.807) is 4.90 Å². The molecular formula is C16H18F3N5O. The fraction of sp³-hybridized carbons (Fsp3) is 0.438. The van der Waals surface area contributed by atoms with Crippen molar-refractivity contribution in [2.45, 2.75) is 25.6 Å². The predicted octanol–water partition coefficient (Wildman–Crippen LogP) is 2.22. The molecule has 2 aromatic rings. The van der Waals surface area contributed by atoms with Crippen molar-refractivity contribution < 1.29 is 17.9 Å². The van der Waals surface area contributed by atoms with Crippen LogP contribution in [0.1, 0.15) is 22.6 Å². The van der Waals surface area contributed by atoms with Gasteiger partial charge in [0.05, 0.1) is 11.3 Å². The standard InChI is InChI=1S/C16H18F3N5O/c1-25-9-13-22-12-5-8-24(7-4-10(12)14(20)23-13)15-11(16(17,18)19)3-2-6-21-15/h2-3,6H,4-5,7-9H2,1H3,(H2,20,22,23). The molecule has 0 radical (unpaired) electrons. The average Bonchev–Trinajstić information content (AvgIpc) is 2.77. The fourth-order valence-electron chi connectivity index (χ4n) is 2.96. The minimum atomic E-state index is -4.45. The van der Waals surface area contributed by atoms with Gasteiger partial charge in [0.1, 0.15) is 18.2 Å². The van der Waals surface area contributed by atoms with E-state index in [0.29, 0.717) is 37.6 Å². The van der Waals surface area contributed by atoms with Gasteiger partial charge < -0.3 is 15.4 Å². The molecule has 25 heavy (non-hydrogen) atoms. The molecule has 0 saturated heterocycles. The third-order valence-electron chi connectivity index (χ3n) is 4.09. The highest BCUT2D eigenvalue weighted by Crippen LogP contribution is 2.35. The Hall–Kier alpha value is -2.42. The van der Waals surface area contributed by atoms with E-state index >= 15 is 0 Å². The Balaban J connectivity index is 1.90. The van der Waals surface area contributed by atoms with Crippen LogP contribution in [0.5, 0.6) is 0 Å². The van der Waals surface area contributed by atoms with Crippen LogP contribution in [-0.2, 0) is 30.4 Å². The van der Waals surface area contributed by atoms with Crippen LogP contribution in [0.4, 0.5) is 24.8 Å². The first kappa shape index (κ1) is 17.4. The second-order valence-electron chi connectivity index (χ2n) is 5.74. The minimum absolute atomic E-state index is 0.0635. The fourth-order valence-corrected chi connectivity index (χ4v) is 2.96. The molecule has 0 aromatic carbocycles. The summed E-state index contributed by atoms with van der Waals surface area (Å²) >= 11 is 0. The van der Waals surface area contributed by atoms with E-state index < -0.39 is 11.7 Å². The molecule has 0 atom stereocenters. The van der Waals surface area contributed by atoms with E-state index in [0.717, 1.165) is 17.3 Å². The van der Waals surface area contributed by atoms with Crippen LogP contribution in [0.2, 0.25) is 0 Å². The van der Waals surface area contributed by atoms with E-state index in [1.165, 1.54) is 19.4 Å². The van der Waals surface area contributed by atoms with Crippen molar-refractivity contribution in [2.75, 3.05) is 30.8 Å². The van der Waals surface area contributed by atoms with E-state index in [9.17, 15) is 13.2 Å². The number of hydrogen-bond acceptors (Lipinski definition) is 6. The molecule has 6 nitrogen and oxygen atoms in total. The number of halogens is 3. The predicted molar refractivity (Wildman–Crippen MR) is 86.0 cm³/mol. The van der Waals surface area contributed by atoms with Gasteiger partial charge in [0.2, 0.25) is 0 Å². The maximum absolute atomic E-state index is 13.2. The van der Waals surface area contributed by atoms with Gasteiger partial charge in [-0.15, -0.1) is 0 Å². The van der Waals surface area contributed by atoms with Crippen molar-refractivity contribution in [3.05, 3.63) is 41.0 Å². The molecular weight excluding hydrogens is 335 g/mol. The van der Waals surface area contributed by atoms with Gasteiger partial charge in [0.15, 0.2) is 5.82 Å². The quantitative estimate of drug-likeness (QED) is 0.912. The molecule has 0 fully saturated rings. The summed E-state index contributed by atoms with van der Waals surface area (Å²) in [4.78, 5) is 14.2. The molecule has 0 aliphatic carbocycles. The number of pyridine rings is 1. The van der Waals surface area contributed by atoms with Gasteiger partial charge >= 0.3 is 6.18 Å². The number of nitrogens with two attached hydrogens (primary N) is 1. The first-order valence-electron chi connectivity index (χ1n) is 7.80. The Bertz CT molecular complexity index is 766. The van der Waals surface area contributed by atoms with E-state index in [1.807, 2.05) is 0 Å². The topological polar surface area (TPSA) is 77.2 Å². The maximum atomic E-state index is 13.2. The number of alkyl halides is 3. The summed E-state index contributed by atoms with van der Waals surface area (Å²) in [5.74, 6) is 0.767. The normalized spacial score (nSPS) is 15.0. The molecule has 0 saturated carbocycles. The van der Waals surface area contributed by atoms with Crippen molar-refractivity contribution in [3.63, 3.8) is 0 Å². The number of ether oxygens (including phenoxy) is 1. The summed E-state index contributed by atoms with van der Waals surface area (Å²) in [6.07, 6.45) is -2.16. The van der Waals surface area contributed by atoms with Crippen molar-refractivity contribution in [3.8, 4) is 0 Å². The molecule has 2 aromatic heterocycles. The Morgan fingerprint density at radius 3 is 2.72 bits per heavy atom. The zero-order chi connectivity index (χ0) is 18.0. The molecule has 2 N–H and O–H groups in total. The van der Waals surface area contributed by atoms with Crippen molar-refractivity contribution in [1.29, 1.82) is 0 Å². The number of fused-ring (bicyclic) bond motifs is 1. The van der Waals surface area contributed by atoms with Gasteiger partial charge in [0, 0.05) is 38.4 Å². The van der Waals surface area contributed by atoms with E-state index in [-0.39, 0.29) is 12.4 Å². The van der Waals surface area contributed by atoms with Crippen molar-refractivity contribution in [2.24, 2.45) is 0 Å². The van der Waals surface area contributed by atoms with Gasteiger partial charge in [-0.05, 0) is 18.6 Å². The zero-order valence-electron chi connectivity index (χ0n) is 13.7. The molecule has 1 aliphatic heterocycles. The van der Waals surface area contributed by atoms with Gasteiger partial charge in [-0.3, -0.25) is 0 Å². The number of anilines is 2. The van der Waals surface area contributed by atoms with Crippen LogP contribution in [0.25, 0.3) is 0 Å². The van der Waals surface area contributed by atoms with Crippen molar-refractivity contribution >= 4 is 11.6 Å². The Labute approximate surface area is 142 Å². The van der Waals surface area contributed by atoms with Crippen LogP contribution in [0.3, 0.4) is 0 Å². The lowest BCUT2D eigenvalue weighted by Crippen LogP contribution is -2.29.